The smallest absolute Gasteiger partial charge is 0.320 e. The van der Waals surface area contributed by atoms with E-state index < -0.39 is 12.0 Å². The van der Waals surface area contributed by atoms with Gasteiger partial charge in [0.2, 0.25) is 5.89 Å². The van der Waals surface area contributed by atoms with Crippen LogP contribution in [0.5, 0.6) is 0 Å². The van der Waals surface area contributed by atoms with Crippen molar-refractivity contribution in [3.63, 3.8) is 0 Å². The topological polar surface area (TPSA) is 101 Å². The van der Waals surface area contributed by atoms with Gasteiger partial charge in [0.15, 0.2) is 10.4 Å². The summed E-state index contributed by atoms with van der Waals surface area (Å²) in [5.74, 6) is 0.0581. The van der Waals surface area contributed by atoms with Crippen molar-refractivity contribution in [2.75, 3.05) is 0 Å². The van der Waals surface area contributed by atoms with E-state index in [9.17, 15) is 4.79 Å². The van der Waals surface area contributed by atoms with Crippen LogP contribution in [0, 0.1) is 0 Å². The number of furan rings is 1. The zero-order chi connectivity index (χ0) is 13.1. The highest BCUT2D eigenvalue weighted by Crippen LogP contribution is 2.23. The van der Waals surface area contributed by atoms with Gasteiger partial charge in [-0.1, -0.05) is 0 Å². The molecular weight excluding hydrogens is 306 g/mol. The lowest BCUT2D eigenvalue weighted by Gasteiger charge is -2.05. The Hall–Kier alpha value is -1.67. The normalized spacial score (nSPS) is 12.6. The van der Waals surface area contributed by atoms with Gasteiger partial charge in [-0.05, 0) is 35.0 Å². The first-order valence-corrected chi connectivity index (χ1v) is 5.90. The Kier molecular flexibility index (Phi) is 3.78. The molecule has 0 aliphatic rings. The van der Waals surface area contributed by atoms with Gasteiger partial charge in [-0.2, -0.15) is 0 Å². The number of carboxylic acids is 1. The van der Waals surface area contributed by atoms with Gasteiger partial charge < -0.3 is 13.9 Å². The minimum absolute atomic E-state index is 0.183. The molecule has 0 unspecified atom stereocenters. The minimum Gasteiger partial charge on any atom is -0.480 e. The summed E-state index contributed by atoms with van der Waals surface area (Å²) in [5.41, 5.74) is 0. The summed E-state index contributed by atoms with van der Waals surface area (Å²) in [4.78, 5) is 10.6. The summed E-state index contributed by atoms with van der Waals surface area (Å²) in [6.07, 6.45) is 0. The maximum absolute atomic E-state index is 10.6. The molecule has 0 amide bonds. The van der Waals surface area contributed by atoms with Gasteiger partial charge in [0.05, 0.1) is 6.54 Å². The second-order valence-corrected chi connectivity index (χ2v) is 4.33. The molecule has 2 heterocycles. The number of hydrogen-bond donors (Lipinski definition) is 2. The van der Waals surface area contributed by atoms with E-state index in [1.807, 2.05) is 0 Å². The van der Waals surface area contributed by atoms with Crippen molar-refractivity contribution in [2.45, 2.75) is 19.5 Å². The Morgan fingerprint density at radius 1 is 1.50 bits per heavy atom. The number of nitrogens with one attached hydrogen (secondary N) is 1. The van der Waals surface area contributed by atoms with E-state index >= 15 is 0 Å². The van der Waals surface area contributed by atoms with Gasteiger partial charge in [-0.15, -0.1) is 10.2 Å². The third kappa shape index (κ3) is 2.96. The maximum atomic E-state index is 10.6. The molecule has 1 atom stereocenters. The van der Waals surface area contributed by atoms with Crippen LogP contribution in [0.1, 0.15) is 12.8 Å². The molecule has 0 aromatic carbocycles. The molecule has 2 rings (SSSR count). The molecule has 96 valence electrons. The van der Waals surface area contributed by atoms with Gasteiger partial charge in [0, 0.05) is 0 Å². The molecule has 2 N–H and O–H groups in total. The van der Waals surface area contributed by atoms with Crippen LogP contribution in [0.15, 0.2) is 25.6 Å². The molecule has 2 aromatic heterocycles. The predicted molar refractivity (Wildman–Crippen MR) is 63.6 cm³/mol. The van der Waals surface area contributed by atoms with Crippen molar-refractivity contribution < 1.29 is 18.7 Å². The molecule has 0 spiro atoms. The number of nitrogens with zero attached hydrogens (tertiary/aromatic N) is 2. The monoisotopic (exact) mass is 315 g/mol. The Bertz CT molecular complexity index is 551. The molecule has 0 aliphatic heterocycles. The zero-order valence-electron chi connectivity index (χ0n) is 9.38. The number of carbonyl (C=O) groups is 1. The van der Waals surface area contributed by atoms with E-state index in [0.717, 1.165) is 0 Å². The number of carboxylic acid groups (broad SMARTS) is 1. The SMILES string of the molecule is C[C@@H](NCc1nnc(-c2ccc(Br)o2)o1)C(=O)O. The molecule has 7 nitrogen and oxygen atoms in total. The number of rotatable bonds is 5. The van der Waals surface area contributed by atoms with E-state index in [-0.39, 0.29) is 12.4 Å². The second kappa shape index (κ2) is 5.32. The summed E-state index contributed by atoms with van der Waals surface area (Å²) in [6.45, 7) is 1.71. The van der Waals surface area contributed by atoms with Crippen LogP contribution in [0.4, 0.5) is 0 Å². The number of hydrogen-bond acceptors (Lipinski definition) is 6. The summed E-state index contributed by atoms with van der Waals surface area (Å²) in [7, 11) is 0. The Labute approximate surface area is 110 Å². The van der Waals surface area contributed by atoms with E-state index in [0.29, 0.717) is 16.3 Å². The van der Waals surface area contributed by atoms with Gasteiger partial charge in [-0.3, -0.25) is 10.1 Å². The highest BCUT2D eigenvalue weighted by atomic mass is 79.9. The molecular formula is C10H10BrN3O4. The first-order valence-electron chi connectivity index (χ1n) is 5.10. The third-order valence-corrected chi connectivity index (χ3v) is 2.61. The van der Waals surface area contributed by atoms with Crippen LogP contribution in [-0.4, -0.2) is 27.3 Å². The first-order chi connectivity index (χ1) is 8.56. The third-order valence-electron chi connectivity index (χ3n) is 2.18. The summed E-state index contributed by atoms with van der Waals surface area (Å²) in [5, 5.41) is 19.0. The molecule has 18 heavy (non-hydrogen) atoms. The predicted octanol–water partition coefficient (Wildman–Crippen LogP) is 1.65. The van der Waals surface area contributed by atoms with Crippen molar-refractivity contribution in [3.8, 4) is 11.7 Å². The standard InChI is InChI=1S/C10H10BrN3O4/c1-5(10(15)16)12-4-8-13-14-9(18-8)6-2-3-7(11)17-6/h2-3,5,12H,4H2,1H3,(H,15,16)/t5-/m1/s1. The fraction of sp³-hybridized carbons (Fsp3) is 0.300. The molecule has 8 heteroatoms. The minimum atomic E-state index is -0.940. The van der Waals surface area contributed by atoms with Gasteiger partial charge >= 0.3 is 5.97 Å². The Balaban J connectivity index is 2.00. The molecule has 0 saturated heterocycles. The number of halogens is 1. The Morgan fingerprint density at radius 3 is 2.89 bits per heavy atom. The highest BCUT2D eigenvalue weighted by Gasteiger charge is 2.14. The quantitative estimate of drug-likeness (QED) is 0.865. The van der Waals surface area contributed by atoms with Crippen molar-refractivity contribution in [1.82, 2.24) is 15.5 Å². The van der Waals surface area contributed by atoms with Crippen LogP contribution in [0.3, 0.4) is 0 Å². The van der Waals surface area contributed by atoms with E-state index in [4.69, 9.17) is 13.9 Å². The highest BCUT2D eigenvalue weighted by molar-refractivity contribution is 9.10. The zero-order valence-corrected chi connectivity index (χ0v) is 11.0. The average Bonchev–Trinajstić information content (AvgIpc) is 2.94. The number of aliphatic carboxylic acids is 1. The fourth-order valence-electron chi connectivity index (χ4n) is 1.18. The molecule has 0 radical (unpaired) electrons. The van der Waals surface area contributed by atoms with Crippen LogP contribution < -0.4 is 5.32 Å². The number of aromatic nitrogens is 2. The first kappa shape index (κ1) is 12.8. The summed E-state index contributed by atoms with van der Waals surface area (Å²) in [6, 6.07) is 2.72. The van der Waals surface area contributed by atoms with Crippen molar-refractivity contribution >= 4 is 21.9 Å². The van der Waals surface area contributed by atoms with Crippen molar-refractivity contribution in [1.29, 1.82) is 0 Å². The lowest BCUT2D eigenvalue weighted by Crippen LogP contribution is -2.33. The molecule has 0 aliphatic carbocycles. The lowest BCUT2D eigenvalue weighted by atomic mass is 10.3. The average molecular weight is 316 g/mol. The molecule has 0 saturated carbocycles. The van der Waals surface area contributed by atoms with Gasteiger partial charge in [0.1, 0.15) is 6.04 Å². The van der Waals surface area contributed by atoms with Gasteiger partial charge in [0.25, 0.3) is 5.89 Å². The molecule has 0 bridgehead atoms. The van der Waals surface area contributed by atoms with Crippen molar-refractivity contribution in [3.05, 3.63) is 22.7 Å². The lowest BCUT2D eigenvalue weighted by molar-refractivity contribution is -0.139. The summed E-state index contributed by atoms with van der Waals surface area (Å²) < 4.78 is 11.1. The molecule has 2 aromatic rings. The molecule has 0 fully saturated rings. The van der Waals surface area contributed by atoms with Crippen LogP contribution in [0.2, 0.25) is 0 Å². The van der Waals surface area contributed by atoms with Crippen LogP contribution >= 0.6 is 15.9 Å². The Morgan fingerprint density at radius 2 is 2.28 bits per heavy atom. The largest absolute Gasteiger partial charge is 0.480 e. The van der Waals surface area contributed by atoms with Crippen LogP contribution in [0.25, 0.3) is 11.7 Å². The maximum Gasteiger partial charge on any atom is 0.320 e. The van der Waals surface area contributed by atoms with E-state index in [1.54, 1.807) is 12.1 Å². The van der Waals surface area contributed by atoms with E-state index in [1.165, 1.54) is 6.92 Å². The fourth-order valence-corrected chi connectivity index (χ4v) is 1.49. The van der Waals surface area contributed by atoms with Gasteiger partial charge in [-0.25, -0.2) is 0 Å². The van der Waals surface area contributed by atoms with Crippen molar-refractivity contribution in [2.24, 2.45) is 0 Å². The summed E-state index contributed by atoms with van der Waals surface area (Å²) >= 11 is 3.17. The second-order valence-electron chi connectivity index (χ2n) is 3.55. The van der Waals surface area contributed by atoms with E-state index in [2.05, 4.69) is 31.4 Å². The van der Waals surface area contributed by atoms with Crippen LogP contribution in [-0.2, 0) is 11.3 Å².